The van der Waals surface area contributed by atoms with Crippen LogP contribution in [0, 0.1) is 5.92 Å². The molecule has 4 rings (SSSR count). The van der Waals surface area contributed by atoms with Gasteiger partial charge in [-0.15, -0.1) is 0 Å². The molecule has 1 aliphatic heterocycles. The summed E-state index contributed by atoms with van der Waals surface area (Å²) in [7, 11) is -2.18. The normalized spacial score (nSPS) is 15.8. The molecule has 1 N–H and O–H groups in total. The lowest BCUT2D eigenvalue weighted by molar-refractivity contribution is -0.120. The van der Waals surface area contributed by atoms with Gasteiger partial charge in [-0.25, -0.2) is 8.42 Å². The predicted molar refractivity (Wildman–Crippen MR) is 130 cm³/mol. The van der Waals surface area contributed by atoms with Gasteiger partial charge in [0.2, 0.25) is 15.9 Å². The number of hydrogen-bond donors (Lipinski definition) is 1. The summed E-state index contributed by atoms with van der Waals surface area (Å²) < 4.78 is 35.5. The number of carbonyl (C=O) groups excluding carboxylic acids is 1. The van der Waals surface area contributed by atoms with E-state index < -0.39 is 10.0 Å². The topological polar surface area (TPSA) is 97.7 Å². The Bertz CT molecular complexity index is 1340. The van der Waals surface area contributed by atoms with Crippen LogP contribution in [-0.4, -0.2) is 43.4 Å². The maximum Gasteiger partial charge on any atom is 0.308 e. The molecule has 0 radical (unpaired) electrons. The second-order valence-corrected chi connectivity index (χ2v) is 11.3. The Labute approximate surface area is 196 Å². The van der Waals surface area contributed by atoms with Crippen molar-refractivity contribution in [2.24, 2.45) is 5.92 Å². The molecule has 0 spiro atoms. The third-order valence-electron chi connectivity index (χ3n) is 5.93. The number of piperidine rings is 1. The number of para-hydroxylation sites is 2. The van der Waals surface area contributed by atoms with Gasteiger partial charge >= 0.3 is 4.87 Å². The molecule has 0 atom stereocenters. The Morgan fingerprint density at radius 2 is 1.85 bits per heavy atom. The number of thiazole rings is 1. The molecule has 33 heavy (non-hydrogen) atoms. The van der Waals surface area contributed by atoms with Crippen LogP contribution in [0.15, 0.2) is 52.2 Å². The number of methoxy groups -OCH3 is 1. The van der Waals surface area contributed by atoms with E-state index in [1.807, 2.05) is 26.0 Å². The molecule has 176 valence electrons. The van der Waals surface area contributed by atoms with Crippen LogP contribution in [0.2, 0.25) is 0 Å². The second kappa shape index (κ2) is 9.28. The highest BCUT2D eigenvalue weighted by molar-refractivity contribution is 7.89. The minimum Gasteiger partial charge on any atom is -0.495 e. The molecule has 1 fully saturated rings. The van der Waals surface area contributed by atoms with Crippen molar-refractivity contribution >= 4 is 43.2 Å². The number of fused-ring (bicyclic) bond motifs is 1. The van der Waals surface area contributed by atoms with Gasteiger partial charge in [0, 0.05) is 25.0 Å². The van der Waals surface area contributed by atoms with Crippen molar-refractivity contribution in [3.8, 4) is 5.75 Å². The third kappa shape index (κ3) is 4.55. The van der Waals surface area contributed by atoms with E-state index >= 15 is 0 Å². The first-order valence-corrected chi connectivity index (χ1v) is 13.1. The van der Waals surface area contributed by atoms with Crippen LogP contribution in [0.1, 0.15) is 32.7 Å². The minimum absolute atomic E-state index is 0.00487. The van der Waals surface area contributed by atoms with Crippen molar-refractivity contribution in [2.45, 2.75) is 37.6 Å². The van der Waals surface area contributed by atoms with Crippen LogP contribution in [0.5, 0.6) is 5.75 Å². The third-order valence-corrected chi connectivity index (χ3v) is 8.74. The molecule has 0 aliphatic carbocycles. The molecule has 1 aromatic heterocycles. The molecule has 10 heteroatoms. The van der Waals surface area contributed by atoms with E-state index in [-0.39, 0.29) is 40.7 Å². The summed E-state index contributed by atoms with van der Waals surface area (Å²) in [4.78, 5) is 25.1. The standard InChI is InChI=1S/C23H27N3O5S2/c1-15(2)26-19-9-8-17(14-21(19)32-23(26)28)33(29,30)25-12-10-16(11-13-25)22(27)24-18-6-4-5-7-20(18)31-3/h4-9,14-16H,10-13H2,1-3H3,(H,24,27). The summed E-state index contributed by atoms with van der Waals surface area (Å²) >= 11 is 1.05. The molecule has 2 aromatic carbocycles. The fourth-order valence-electron chi connectivity index (χ4n) is 4.16. The Hall–Kier alpha value is -2.69. The van der Waals surface area contributed by atoms with Crippen molar-refractivity contribution in [1.82, 2.24) is 8.87 Å². The zero-order valence-electron chi connectivity index (χ0n) is 18.8. The summed E-state index contributed by atoms with van der Waals surface area (Å²) in [6.07, 6.45) is 0.860. The quantitative estimate of drug-likeness (QED) is 0.570. The Balaban J connectivity index is 1.47. The zero-order chi connectivity index (χ0) is 23.8. The monoisotopic (exact) mass is 489 g/mol. The van der Waals surface area contributed by atoms with Gasteiger partial charge in [-0.05, 0) is 57.0 Å². The first kappa shape index (κ1) is 23.5. The number of amides is 1. The Morgan fingerprint density at radius 1 is 1.15 bits per heavy atom. The zero-order valence-corrected chi connectivity index (χ0v) is 20.4. The fourth-order valence-corrected chi connectivity index (χ4v) is 6.78. The van der Waals surface area contributed by atoms with E-state index in [2.05, 4.69) is 5.32 Å². The van der Waals surface area contributed by atoms with E-state index in [4.69, 9.17) is 4.74 Å². The number of benzene rings is 2. The van der Waals surface area contributed by atoms with Gasteiger partial charge in [-0.2, -0.15) is 4.31 Å². The molecule has 8 nitrogen and oxygen atoms in total. The summed E-state index contributed by atoms with van der Waals surface area (Å²) in [5.74, 6) is 0.154. The maximum atomic E-state index is 13.2. The second-order valence-electron chi connectivity index (χ2n) is 8.33. The van der Waals surface area contributed by atoms with Crippen LogP contribution >= 0.6 is 11.3 Å². The van der Waals surface area contributed by atoms with Crippen LogP contribution in [0.25, 0.3) is 10.2 Å². The van der Waals surface area contributed by atoms with E-state index in [1.54, 1.807) is 42.0 Å². The van der Waals surface area contributed by atoms with Gasteiger partial charge in [0.1, 0.15) is 5.75 Å². The molecule has 0 bridgehead atoms. The molecule has 3 aromatic rings. The largest absolute Gasteiger partial charge is 0.495 e. The molecule has 0 saturated carbocycles. The number of nitrogens with zero attached hydrogens (tertiary/aromatic N) is 2. The van der Waals surface area contributed by atoms with Crippen LogP contribution in [0.3, 0.4) is 0 Å². The van der Waals surface area contributed by atoms with E-state index in [0.29, 0.717) is 29.0 Å². The van der Waals surface area contributed by atoms with E-state index in [9.17, 15) is 18.0 Å². The SMILES string of the molecule is COc1ccccc1NC(=O)C1CCN(S(=O)(=O)c2ccc3c(c2)sc(=O)n3C(C)C)CC1. The highest BCUT2D eigenvalue weighted by Gasteiger charge is 2.32. The Kier molecular flexibility index (Phi) is 6.60. The number of ether oxygens (including phenoxy) is 1. The average molecular weight is 490 g/mol. The molecule has 0 unspecified atom stereocenters. The number of nitrogens with one attached hydrogen (secondary N) is 1. The first-order valence-electron chi connectivity index (χ1n) is 10.8. The highest BCUT2D eigenvalue weighted by atomic mass is 32.2. The van der Waals surface area contributed by atoms with Gasteiger partial charge in [-0.3, -0.25) is 14.2 Å². The van der Waals surface area contributed by atoms with Gasteiger partial charge in [-0.1, -0.05) is 23.5 Å². The van der Waals surface area contributed by atoms with Gasteiger partial charge in [0.15, 0.2) is 0 Å². The van der Waals surface area contributed by atoms with Gasteiger partial charge < -0.3 is 10.1 Å². The highest BCUT2D eigenvalue weighted by Crippen LogP contribution is 2.30. The number of anilines is 1. The number of rotatable bonds is 6. The summed E-state index contributed by atoms with van der Waals surface area (Å²) in [6, 6.07) is 12.0. The fraction of sp³-hybridized carbons (Fsp3) is 0.391. The van der Waals surface area contributed by atoms with E-state index in [1.165, 1.54) is 4.31 Å². The number of sulfonamides is 1. The molecule has 2 heterocycles. The minimum atomic E-state index is -3.72. The predicted octanol–water partition coefficient (Wildman–Crippen LogP) is 3.69. The smallest absolute Gasteiger partial charge is 0.308 e. The van der Waals surface area contributed by atoms with Crippen molar-refractivity contribution in [2.75, 3.05) is 25.5 Å². The molecular formula is C23H27N3O5S2. The lowest BCUT2D eigenvalue weighted by Crippen LogP contribution is -2.41. The number of hydrogen-bond acceptors (Lipinski definition) is 6. The Morgan fingerprint density at radius 3 is 2.52 bits per heavy atom. The summed E-state index contributed by atoms with van der Waals surface area (Å²) in [5, 5.41) is 2.89. The lowest BCUT2D eigenvalue weighted by atomic mass is 9.97. The van der Waals surface area contributed by atoms with Crippen molar-refractivity contribution in [1.29, 1.82) is 0 Å². The van der Waals surface area contributed by atoms with Crippen molar-refractivity contribution < 1.29 is 17.9 Å². The first-order chi connectivity index (χ1) is 15.7. The average Bonchev–Trinajstić information content (AvgIpc) is 3.14. The lowest BCUT2D eigenvalue weighted by Gasteiger charge is -2.30. The van der Waals surface area contributed by atoms with Gasteiger partial charge in [0.05, 0.1) is 27.9 Å². The van der Waals surface area contributed by atoms with Crippen molar-refractivity contribution in [3.05, 3.63) is 52.1 Å². The molecule has 1 amide bonds. The number of carbonyl (C=O) groups is 1. The molecule has 1 aliphatic rings. The molecular weight excluding hydrogens is 462 g/mol. The number of aromatic nitrogens is 1. The van der Waals surface area contributed by atoms with Crippen molar-refractivity contribution in [3.63, 3.8) is 0 Å². The van der Waals surface area contributed by atoms with Gasteiger partial charge in [0.25, 0.3) is 0 Å². The van der Waals surface area contributed by atoms with Crippen LogP contribution in [0.4, 0.5) is 5.69 Å². The van der Waals surface area contributed by atoms with Crippen LogP contribution in [-0.2, 0) is 14.8 Å². The molecule has 1 saturated heterocycles. The summed E-state index contributed by atoms with van der Waals surface area (Å²) in [5.41, 5.74) is 1.34. The van der Waals surface area contributed by atoms with Crippen LogP contribution < -0.4 is 14.9 Å². The maximum absolute atomic E-state index is 13.2. The summed E-state index contributed by atoms with van der Waals surface area (Å²) in [6.45, 7) is 4.36. The van der Waals surface area contributed by atoms with E-state index in [0.717, 1.165) is 16.9 Å².